The molecule has 1 aromatic heterocycles. The fourth-order valence-corrected chi connectivity index (χ4v) is 1.47. The molecule has 2 N–H and O–H groups in total. The molecule has 0 aromatic carbocycles. The van der Waals surface area contributed by atoms with Crippen molar-refractivity contribution in [2.45, 2.75) is 6.92 Å². The summed E-state index contributed by atoms with van der Waals surface area (Å²) in [6, 6.07) is 1.79. The van der Waals surface area contributed by atoms with Crippen LogP contribution in [0.25, 0.3) is 6.08 Å². The van der Waals surface area contributed by atoms with Crippen LogP contribution in [-0.2, 0) is 0 Å². The zero-order chi connectivity index (χ0) is 10.3. The number of anilines is 1. The third kappa shape index (κ3) is 1.36. The number of aromatic amines is 1. The second-order valence-corrected chi connectivity index (χ2v) is 3.61. The lowest BCUT2D eigenvalue weighted by Crippen LogP contribution is -2.16. The summed E-state index contributed by atoms with van der Waals surface area (Å²) in [6.45, 7) is 5.47. The summed E-state index contributed by atoms with van der Waals surface area (Å²) in [5.41, 5.74) is 2.03. The van der Waals surface area contributed by atoms with Crippen molar-refractivity contribution in [3.8, 4) is 0 Å². The van der Waals surface area contributed by atoms with Crippen molar-refractivity contribution in [1.29, 1.82) is 0 Å². The Balaban J connectivity index is 2.67. The van der Waals surface area contributed by atoms with Crippen molar-refractivity contribution in [2.75, 3.05) is 5.32 Å². The SMILES string of the molecule is C=C1Nc2[nH]c(=O)c(C)cc2C=C1Cl. The van der Waals surface area contributed by atoms with Crippen molar-refractivity contribution in [2.24, 2.45) is 0 Å². The number of aryl methyl sites for hydroxylation is 1. The topological polar surface area (TPSA) is 44.9 Å². The van der Waals surface area contributed by atoms with E-state index in [2.05, 4.69) is 16.9 Å². The third-order valence-electron chi connectivity index (χ3n) is 2.10. The zero-order valence-electron chi connectivity index (χ0n) is 7.65. The van der Waals surface area contributed by atoms with Gasteiger partial charge in [0.25, 0.3) is 5.56 Å². The smallest absolute Gasteiger partial charge is 0.252 e. The fourth-order valence-electron chi connectivity index (χ4n) is 1.31. The van der Waals surface area contributed by atoms with Gasteiger partial charge in [0, 0.05) is 11.1 Å². The minimum atomic E-state index is -0.101. The van der Waals surface area contributed by atoms with E-state index in [4.69, 9.17) is 11.6 Å². The van der Waals surface area contributed by atoms with Gasteiger partial charge in [-0.05, 0) is 19.1 Å². The second-order valence-electron chi connectivity index (χ2n) is 3.21. The number of hydrogen-bond acceptors (Lipinski definition) is 2. The Morgan fingerprint density at radius 1 is 1.50 bits per heavy atom. The molecular formula is C10H9ClN2O. The molecule has 0 atom stereocenters. The van der Waals surface area contributed by atoms with E-state index in [1.165, 1.54) is 0 Å². The lowest BCUT2D eigenvalue weighted by molar-refractivity contribution is 1.16. The van der Waals surface area contributed by atoms with Gasteiger partial charge < -0.3 is 10.3 Å². The van der Waals surface area contributed by atoms with E-state index < -0.39 is 0 Å². The summed E-state index contributed by atoms with van der Waals surface area (Å²) in [5, 5.41) is 3.49. The predicted molar refractivity (Wildman–Crippen MR) is 58.4 cm³/mol. The molecule has 1 aliphatic heterocycles. The zero-order valence-corrected chi connectivity index (χ0v) is 8.40. The number of fused-ring (bicyclic) bond motifs is 1. The first-order chi connectivity index (χ1) is 6.58. The van der Waals surface area contributed by atoms with E-state index in [-0.39, 0.29) is 5.56 Å². The number of hydrogen-bond donors (Lipinski definition) is 2. The molecular weight excluding hydrogens is 200 g/mol. The van der Waals surface area contributed by atoms with Gasteiger partial charge in [0.05, 0.1) is 10.7 Å². The van der Waals surface area contributed by atoms with E-state index in [0.717, 1.165) is 5.56 Å². The first kappa shape index (κ1) is 9.09. The summed E-state index contributed by atoms with van der Waals surface area (Å²) >= 11 is 5.89. The number of nitrogens with one attached hydrogen (secondary N) is 2. The van der Waals surface area contributed by atoms with Crippen LogP contribution >= 0.6 is 11.6 Å². The summed E-state index contributed by atoms with van der Waals surface area (Å²) in [6.07, 6.45) is 1.78. The Bertz CT molecular complexity index is 499. The molecule has 0 saturated carbocycles. The molecule has 3 nitrogen and oxygen atoms in total. The van der Waals surface area contributed by atoms with Crippen LogP contribution in [0.3, 0.4) is 0 Å². The Kier molecular flexibility index (Phi) is 1.97. The van der Waals surface area contributed by atoms with Crippen molar-refractivity contribution in [3.05, 3.63) is 44.9 Å². The van der Waals surface area contributed by atoms with E-state index in [1.54, 1.807) is 19.1 Å². The van der Waals surface area contributed by atoms with Crippen LogP contribution in [0.2, 0.25) is 0 Å². The van der Waals surface area contributed by atoms with Gasteiger partial charge in [0.15, 0.2) is 0 Å². The number of aromatic nitrogens is 1. The standard InChI is InChI=1S/C10H9ClN2O/c1-5-3-7-4-8(11)6(2)12-9(7)13-10(5)14/h3-4H,2H2,1H3,(H2,12,13,14). The van der Waals surface area contributed by atoms with Crippen LogP contribution in [0.1, 0.15) is 11.1 Å². The maximum Gasteiger partial charge on any atom is 0.252 e. The largest absolute Gasteiger partial charge is 0.340 e. The van der Waals surface area contributed by atoms with Crippen molar-refractivity contribution in [3.63, 3.8) is 0 Å². The molecule has 0 saturated heterocycles. The van der Waals surface area contributed by atoms with Gasteiger partial charge in [-0.1, -0.05) is 18.2 Å². The van der Waals surface area contributed by atoms with Crippen LogP contribution in [-0.4, -0.2) is 4.98 Å². The van der Waals surface area contributed by atoms with E-state index >= 15 is 0 Å². The second kappa shape index (κ2) is 3.03. The summed E-state index contributed by atoms with van der Waals surface area (Å²) in [5.74, 6) is 0.648. The molecule has 0 amide bonds. The molecule has 2 rings (SSSR count). The molecule has 14 heavy (non-hydrogen) atoms. The number of rotatable bonds is 0. The minimum Gasteiger partial charge on any atom is -0.340 e. The molecule has 0 spiro atoms. The van der Waals surface area contributed by atoms with Gasteiger partial charge in [-0.25, -0.2) is 0 Å². The normalized spacial score (nSPS) is 14.4. The minimum absolute atomic E-state index is 0.101. The average molecular weight is 209 g/mol. The molecule has 0 bridgehead atoms. The molecule has 0 radical (unpaired) electrons. The molecule has 0 fully saturated rings. The van der Waals surface area contributed by atoms with Crippen LogP contribution in [0.5, 0.6) is 0 Å². The van der Waals surface area contributed by atoms with E-state index in [9.17, 15) is 4.79 Å². The highest BCUT2D eigenvalue weighted by atomic mass is 35.5. The average Bonchev–Trinajstić information content (AvgIpc) is 2.11. The molecule has 1 aromatic rings. The fraction of sp³-hybridized carbons (Fsp3) is 0.100. The van der Waals surface area contributed by atoms with Gasteiger partial charge in [0.2, 0.25) is 0 Å². The molecule has 2 heterocycles. The lowest BCUT2D eigenvalue weighted by atomic mass is 10.1. The Morgan fingerprint density at radius 2 is 2.21 bits per heavy atom. The summed E-state index contributed by atoms with van der Waals surface area (Å²) < 4.78 is 0. The Morgan fingerprint density at radius 3 is 2.93 bits per heavy atom. The Hall–Kier alpha value is -1.48. The maximum atomic E-state index is 11.3. The highest BCUT2D eigenvalue weighted by Crippen LogP contribution is 2.27. The van der Waals surface area contributed by atoms with Crippen LogP contribution < -0.4 is 10.9 Å². The highest BCUT2D eigenvalue weighted by molar-refractivity contribution is 6.34. The third-order valence-corrected chi connectivity index (χ3v) is 2.44. The van der Waals surface area contributed by atoms with Crippen molar-refractivity contribution < 1.29 is 0 Å². The van der Waals surface area contributed by atoms with Gasteiger partial charge >= 0.3 is 0 Å². The quantitative estimate of drug-likeness (QED) is 0.687. The maximum absolute atomic E-state index is 11.3. The lowest BCUT2D eigenvalue weighted by Gasteiger charge is -2.16. The molecule has 1 aliphatic rings. The predicted octanol–water partition coefficient (Wildman–Crippen LogP) is 2.20. The van der Waals surface area contributed by atoms with E-state index in [1.807, 2.05) is 0 Å². The molecule has 72 valence electrons. The van der Waals surface area contributed by atoms with Gasteiger partial charge in [0.1, 0.15) is 5.82 Å². The molecule has 0 unspecified atom stereocenters. The molecule has 4 heteroatoms. The van der Waals surface area contributed by atoms with Gasteiger partial charge in [-0.2, -0.15) is 0 Å². The van der Waals surface area contributed by atoms with Crippen LogP contribution in [0.15, 0.2) is 28.2 Å². The molecule has 0 aliphatic carbocycles. The summed E-state index contributed by atoms with van der Waals surface area (Å²) in [4.78, 5) is 14.0. The van der Waals surface area contributed by atoms with Crippen molar-refractivity contribution in [1.82, 2.24) is 4.98 Å². The Labute approximate surface area is 86.1 Å². The van der Waals surface area contributed by atoms with Crippen LogP contribution in [0.4, 0.5) is 5.82 Å². The number of pyridine rings is 1. The van der Waals surface area contributed by atoms with Crippen LogP contribution in [0, 0.1) is 6.92 Å². The van der Waals surface area contributed by atoms with E-state index in [0.29, 0.717) is 22.1 Å². The number of allylic oxidation sites excluding steroid dienone is 1. The van der Waals surface area contributed by atoms with Gasteiger partial charge in [-0.3, -0.25) is 4.79 Å². The monoisotopic (exact) mass is 208 g/mol. The highest BCUT2D eigenvalue weighted by Gasteiger charge is 2.12. The first-order valence-electron chi connectivity index (χ1n) is 4.15. The summed E-state index contributed by atoms with van der Waals surface area (Å²) in [7, 11) is 0. The van der Waals surface area contributed by atoms with Gasteiger partial charge in [-0.15, -0.1) is 0 Å². The number of halogens is 1. The van der Waals surface area contributed by atoms with Crippen molar-refractivity contribution >= 4 is 23.5 Å². The number of H-pyrrole nitrogens is 1. The first-order valence-corrected chi connectivity index (χ1v) is 4.53.